The highest BCUT2D eigenvalue weighted by atomic mass is 16.5. The fourth-order valence-electron chi connectivity index (χ4n) is 2.09. The summed E-state index contributed by atoms with van der Waals surface area (Å²) in [5.74, 6) is 0.770. The van der Waals surface area contributed by atoms with Crippen molar-refractivity contribution < 1.29 is 4.74 Å². The van der Waals surface area contributed by atoms with Crippen molar-refractivity contribution in [3.8, 4) is 11.4 Å². The minimum Gasteiger partial charge on any atom is -0.497 e. The van der Waals surface area contributed by atoms with E-state index in [4.69, 9.17) is 10.5 Å². The van der Waals surface area contributed by atoms with E-state index in [0.717, 1.165) is 28.0 Å². The Bertz CT molecular complexity index is 720. The predicted molar refractivity (Wildman–Crippen MR) is 73.3 cm³/mol. The van der Waals surface area contributed by atoms with E-state index in [2.05, 4.69) is 10.3 Å². The molecule has 0 aliphatic heterocycles. The maximum atomic E-state index is 5.79. The molecule has 0 saturated carbocycles. The molecule has 2 N–H and O–H groups in total. The van der Waals surface area contributed by atoms with Crippen LogP contribution < -0.4 is 10.5 Å². The molecule has 1 heterocycles. The number of hydrogen-bond acceptors (Lipinski definition) is 4. The van der Waals surface area contributed by atoms with Gasteiger partial charge in [-0.25, -0.2) is 4.68 Å². The average molecular weight is 254 g/mol. The number of ether oxygens (including phenoxy) is 1. The molecule has 19 heavy (non-hydrogen) atoms. The molecule has 2 aromatic carbocycles. The Morgan fingerprint density at radius 1 is 1.21 bits per heavy atom. The number of hydrogen-bond donors (Lipinski definition) is 1. The lowest BCUT2D eigenvalue weighted by Crippen LogP contribution is -2.06. The van der Waals surface area contributed by atoms with Crippen LogP contribution in [0.5, 0.6) is 5.75 Å². The number of para-hydroxylation sites is 1. The lowest BCUT2D eigenvalue weighted by atomic mass is 10.1. The molecule has 0 atom stereocenters. The van der Waals surface area contributed by atoms with Gasteiger partial charge in [0, 0.05) is 12.6 Å². The Morgan fingerprint density at radius 3 is 2.84 bits per heavy atom. The topological polar surface area (TPSA) is 66.0 Å². The van der Waals surface area contributed by atoms with E-state index in [1.54, 1.807) is 11.8 Å². The van der Waals surface area contributed by atoms with Crippen molar-refractivity contribution in [2.24, 2.45) is 5.73 Å². The summed E-state index contributed by atoms with van der Waals surface area (Å²) >= 11 is 0. The third-order valence-electron chi connectivity index (χ3n) is 3.09. The zero-order valence-corrected chi connectivity index (χ0v) is 10.6. The number of nitrogens with two attached hydrogens (primary N) is 1. The van der Waals surface area contributed by atoms with Crippen molar-refractivity contribution in [1.82, 2.24) is 15.0 Å². The highest BCUT2D eigenvalue weighted by Crippen LogP contribution is 2.23. The number of aromatic nitrogens is 3. The van der Waals surface area contributed by atoms with Crippen molar-refractivity contribution in [1.29, 1.82) is 0 Å². The molecule has 5 nitrogen and oxygen atoms in total. The van der Waals surface area contributed by atoms with Crippen molar-refractivity contribution in [3.63, 3.8) is 0 Å². The summed E-state index contributed by atoms with van der Waals surface area (Å²) in [5.41, 5.74) is 9.49. The van der Waals surface area contributed by atoms with E-state index >= 15 is 0 Å². The molecule has 0 unspecified atom stereocenters. The first kappa shape index (κ1) is 11.7. The summed E-state index contributed by atoms with van der Waals surface area (Å²) in [7, 11) is 1.64. The number of nitrogens with zero attached hydrogens (tertiary/aromatic N) is 3. The van der Waals surface area contributed by atoms with Crippen LogP contribution in [0.25, 0.3) is 16.7 Å². The average Bonchev–Trinajstić information content (AvgIpc) is 2.90. The maximum absolute atomic E-state index is 5.79. The normalized spacial score (nSPS) is 10.8. The first-order valence-electron chi connectivity index (χ1n) is 6.01. The van der Waals surface area contributed by atoms with Gasteiger partial charge in [0.1, 0.15) is 11.3 Å². The highest BCUT2D eigenvalue weighted by Gasteiger charge is 2.10. The molecule has 1 aromatic heterocycles. The van der Waals surface area contributed by atoms with Gasteiger partial charge < -0.3 is 10.5 Å². The molecule has 0 bridgehead atoms. The second-order valence-electron chi connectivity index (χ2n) is 4.19. The predicted octanol–water partition coefficient (Wildman–Crippen LogP) is 1.89. The van der Waals surface area contributed by atoms with Gasteiger partial charge in [0.25, 0.3) is 0 Å². The van der Waals surface area contributed by atoms with Crippen LogP contribution in [0.1, 0.15) is 5.56 Å². The first-order valence-corrected chi connectivity index (χ1v) is 6.01. The van der Waals surface area contributed by atoms with E-state index < -0.39 is 0 Å². The van der Waals surface area contributed by atoms with Gasteiger partial charge in [-0.05, 0) is 23.8 Å². The smallest absolute Gasteiger partial charge is 0.121 e. The van der Waals surface area contributed by atoms with Crippen LogP contribution in [0.15, 0.2) is 42.5 Å². The van der Waals surface area contributed by atoms with E-state index in [1.165, 1.54) is 0 Å². The summed E-state index contributed by atoms with van der Waals surface area (Å²) in [5, 5.41) is 8.36. The number of rotatable bonds is 3. The molecule has 0 amide bonds. The zero-order chi connectivity index (χ0) is 13.2. The Balaban J connectivity index is 2.25. The monoisotopic (exact) mass is 254 g/mol. The van der Waals surface area contributed by atoms with Crippen molar-refractivity contribution >= 4 is 11.0 Å². The summed E-state index contributed by atoms with van der Waals surface area (Å²) < 4.78 is 7.05. The van der Waals surface area contributed by atoms with Crippen LogP contribution in [0.4, 0.5) is 0 Å². The van der Waals surface area contributed by atoms with E-state index in [1.807, 2.05) is 42.5 Å². The molecule has 3 rings (SSSR count). The fourth-order valence-corrected chi connectivity index (χ4v) is 2.09. The van der Waals surface area contributed by atoms with Gasteiger partial charge >= 0.3 is 0 Å². The second kappa shape index (κ2) is 4.70. The standard InChI is InChI=1S/C14H14N4O/c1-19-11-7-6-10(9-15)14(8-11)18-13-5-3-2-4-12(13)16-17-18/h2-8H,9,15H2,1H3. The lowest BCUT2D eigenvalue weighted by molar-refractivity contribution is 0.414. The zero-order valence-electron chi connectivity index (χ0n) is 10.6. The first-order chi connectivity index (χ1) is 9.33. The fraction of sp³-hybridized carbons (Fsp3) is 0.143. The molecule has 0 fully saturated rings. The van der Waals surface area contributed by atoms with Crippen LogP contribution in [0.3, 0.4) is 0 Å². The van der Waals surface area contributed by atoms with Crippen LogP contribution >= 0.6 is 0 Å². The summed E-state index contributed by atoms with van der Waals surface area (Å²) in [6.07, 6.45) is 0. The Labute approximate surface area is 110 Å². The van der Waals surface area contributed by atoms with Gasteiger partial charge in [-0.2, -0.15) is 0 Å². The third-order valence-corrected chi connectivity index (χ3v) is 3.09. The van der Waals surface area contributed by atoms with Gasteiger partial charge in [-0.1, -0.05) is 23.4 Å². The van der Waals surface area contributed by atoms with Gasteiger partial charge in [-0.3, -0.25) is 0 Å². The van der Waals surface area contributed by atoms with Crippen molar-refractivity contribution in [2.45, 2.75) is 6.54 Å². The molecular weight excluding hydrogens is 240 g/mol. The SMILES string of the molecule is COc1ccc(CN)c(-n2nnc3ccccc32)c1. The van der Waals surface area contributed by atoms with E-state index in [0.29, 0.717) is 6.54 Å². The summed E-state index contributed by atoms with van der Waals surface area (Å²) in [6, 6.07) is 13.6. The van der Waals surface area contributed by atoms with Gasteiger partial charge in [0.05, 0.1) is 18.3 Å². The molecule has 0 saturated heterocycles. The largest absolute Gasteiger partial charge is 0.497 e. The minimum atomic E-state index is 0.438. The molecule has 0 aliphatic rings. The molecule has 0 radical (unpaired) electrons. The lowest BCUT2D eigenvalue weighted by Gasteiger charge is -2.10. The Kier molecular flexibility index (Phi) is 2.89. The summed E-state index contributed by atoms with van der Waals surface area (Å²) in [4.78, 5) is 0. The van der Waals surface area contributed by atoms with Crippen LogP contribution in [0, 0.1) is 0 Å². The van der Waals surface area contributed by atoms with Crippen LogP contribution in [0.2, 0.25) is 0 Å². The minimum absolute atomic E-state index is 0.438. The summed E-state index contributed by atoms with van der Waals surface area (Å²) in [6.45, 7) is 0.438. The third kappa shape index (κ3) is 1.94. The van der Waals surface area contributed by atoms with Crippen molar-refractivity contribution in [2.75, 3.05) is 7.11 Å². The quantitative estimate of drug-likeness (QED) is 0.775. The number of fused-ring (bicyclic) bond motifs is 1. The van der Waals surface area contributed by atoms with Gasteiger partial charge in [0.2, 0.25) is 0 Å². The number of benzene rings is 2. The van der Waals surface area contributed by atoms with Gasteiger partial charge in [-0.15, -0.1) is 5.10 Å². The molecule has 5 heteroatoms. The molecule has 3 aromatic rings. The second-order valence-corrected chi connectivity index (χ2v) is 4.19. The number of methoxy groups -OCH3 is 1. The van der Waals surface area contributed by atoms with E-state index in [9.17, 15) is 0 Å². The highest BCUT2D eigenvalue weighted by molar-refractivity contribution is 5.76. The maximum Gasteiger partial charge on any atom is 0.121 e. The Morgan fingerprint density at radius 2 is 2.05 bits per heavy atom. The molecular formula is C14H14N4O. The van der Waals surface area contributed by atoms with Crippen LogP contribution in [-0.4, -0.2) is 22.1 Å². The van der Waals surface area contributed by atoms with E-state index in [-0.39, 0.29) is 0 Å². The molecule has 96 valence electrons. The Hall–Kier alpha value is -2.40. The van der Waals surface area contributed by atoms with Crippen LogP contribution in [-0.2, 0) is 6.54 Å². The molecule has 0 aliphatic carbocycles. The van der Waals surface area contributed by atoms with Gasteiger partial charge in [0.15, 0.2) is 0 Å². The molecule has 0 spiro atoms. The van der Waals surface area contributed by atoms with Crippen molar-refractivity contribution in [3.05, 3.63) is 48.0 Å².